The molecule has 0 spiro atoms. The predicted octanol–water partition coefficient (Wildman–Crippen LogP) is 2.50. The highest BCUT2D eigenvalue weighted by molar-refractivity contribution is 5.28. The first-order valence-electron chi connectivity index (χ1n) is 7.64. The van der Waals surface area contributed by atoms with Crippen LogP contribution in [0.15, 0.2) is 18.2 Å². The molecule has 110 valence electrons. The molecule has 0 atom stereocenters. The van der Waals surface area contributed by atoms with Gasteiger partial charge in [-0.25, -0.2) is 4.39 Å². The van der Waals surface area contributed by atoms with Gasteiger partial charge in [-0.05, 0) is 62.4 Å². The summed E-state index contributed by atoms with van der Waals surface area (Å²) in [6.07, 6.45) is 5.03. The molecule has 1 heterocycles. The number of phenols is 1. The van der Waals surface area contributed by atoms with Crippen LogP contribution < -0.4 is 5.32 Å². The van der Waals surface area contributed by atoms with Gasteiger partial charge in [-0.2, -0.15) is 0 Å². The molecule has 3 nitrogen and oxygen atoms in total. The fraction of sp³-hybridized carbons (Fsp3) is 0.625. The molecule has 1 saturated heterocycles. The van der Waals surface area contributed by atoms with E-state index < -0.39 is 5.82 Å². The molecule has 1 aromatic carbocycles. The number of hydrogen-bond donors (Lipinski definition) is 2. The summed E-state index contributed by atoms with van der Waals surface area (Å²) in [7, 11) is 0. The SMILES string of the molecule is Oc1ccc(CN(CC2CCNCC2)C2CC2)cc1F. The van der Waals surface area contributed by atoms with Crippen molar-refractivity contribution >= 4 is 0 Å². The fourth-order valence-corrected chi connectivity index (χ4v) is 3.06. The highest BCUT2D eigenvalue weighted by atomic mass is 19.1. The summed E-state index contributed by atoms with van der Waals surface area (Å²) in [5.74, 6) is -0.0102. The molecule has 3 rings (SSSR count). The first kappa shape index (κ1) is 13.8. The smallest absolute Gasteiger partial charge is 0.165 e. The lowest BCUT2D eigenvalue weighted by Gasteiger charge is -2.30. The van der Waals surface area contributed by atoms with Crippen molar-refractivity contribution < 1.29 is 9.50 Å². The van der Waals surface area contributed by atoms with Crippen LogP contribution in [-0.2, 0) is 6.54 Å². The molecule has 1 aliphatic heterocycles. The van der Waals surface area contributed by atoms with Crippen molar-refractivity contribution in [3.05, 3.63) is 29.6 Å². The molecule has 0 unspecified atom stereocenters. The van der Waals surface area contributed by atoms with E-state index in [-0.39, 0.29) is 5.75 Å². The van der Waals surface area contributed by atoms with E-state index in [0.29, 0.717) is 6.04 Å². The van der Waals surface area contributed by atoms with Gasteiger partial charge < -0.3 is 10.4 Å². The molecule has 4 heteroatoms. The van der Waals surface area contributed by atoms with Crippen molar-refractivity contribution in [2.75, 3.05) is 19.6 Å². The number of piperidine rings is 1. The maximum atomic E-state index is 13.4. The van der Waals surface area contributed by atoms with E-state index in [2.05, 4.69) is 10.2 Å². The van der Waals surface area contributed by atoms with Gasteiger partial charge in [-0.15, -0.1) is 0 Å². The quantitative estimate of drug-likeness (QED) is 0.868. The lowest BCUT2D eigenvalue weighted by atomic mass is 9.97. The molecule has 20 heavy (non-hydrogen) atoms. The van der Waals surface area contributed by atoms with Crippen LogP contribution in [-0.4, -0.2) is 35.7 Å². The van der Waals surface area contributed by atoms with Crippen molar-refractivity contribution in [1.82, 2.24) is 10.2 Å². The number of halogens is 1. The maximum Gasteiger partial charge on any atom is 0.165 e. The number of benzene rings is 1. The zero-order valence-corrected chi connectivity index (χ0v) is 11.8. The Labute approximate surface area is 119 Å². The Bertz CT molecular complexity index is 456. The first-order valence-corrected chi connectivity index (χ1v) is 7.64. The standard InChI is InChI=1S/C16H23FN2O/c17-15-9-13(1-4-16(15)20)11-19(14-2-3-14)10-12-5-7-18-8-6-12/h1,4,9,12,14,18,20H,2-3,5-8,10-11H2. The molecule has 0 bridgehead atoms. The van der Waals surface area contributed by atoms with Crippen molar-refractivity contribution in [1.29, 1.82) is 0 Å². The van der Waals surface area contributed by atoms with E-state index in [9.17, 15) is 9.50 Å². The molecular weight excluding hydrogens is 255 g/mol. The van der Waals surface area contributed by atoms with E-state index in [1.54, 1.807) is 0 Å². The summed E-state index contributed by atoms with van der Waals surface area (Å²) in [6, 6.07) is 5.44. The van der Waals surface area contributed by atoms with Crippen LogP contribution in [0.4, 0.5) is 4.39 Å². The Morgan fingerprint density at radius 2 is 1.95 bits per heavy atom. The average Bonchev–Trinajstić information content (AvgIpc) is 3.28. The summed E-state index contributed by atoms with van der Waals surface area (Å²) < 4.78 is 13.4. The molecule has 1 aromatic rings. The van der Waals surface area contributed by atoms with E-state index in [0.717, 1.165) is 37.7 Å². The Morgan fingerprint density at radius 1 is 1.20 bits per heavy atom. The summed E-state index contributed by atoms with van der Waals surface area (Å²) in [4.78, 5) is 2.50. The third kappa shape index (κ3) is 3.49. The largest absolute Gasteiger partial charge is 0.505 e. The highest BCUT2D eigenvalue weighted by Crippen LogP contribution is 2.30. The lowest BCUT2D eigenvalue weighted by molar-refractivity contribution is 0.190. The molecule has 1 aliphatic carbocycles. The molecule has 0 aromatic heterocycles. The fourth-order valence-electron chi connectivity index (χ4n) is 3.06. The number of nitrogens with one attached hydrogen (secondary N) is 1. The zero-order valence-electron chi connectivity index (χ0n) is 11.8. The summed E-state index contributed by atoms with van der Waals surface area (Å²) in [5.41, 5.74) is 0.959. The van der Waals surface area contributed by atoms with Gasteiger partial charge in [0.2, 0.25) is 0 Å². The Hall–Kier alpha value is -1.13. The minimum absolute atomic E-state index is 0.259. The van der Waals surface area contributed by atoms with Crippen LogP contribution in [0.1, 0.15) is 31.2 Å². The molecule has 0 radical (unpaired) electrons. The maximum absolute atomic E-state index is 13.4. The Balaban J connectivity index is 1.62. The average molecular weight is 278 g/mol. The lowest BCUT2D eigenvalue weighted by Crippen LogP contribution is -2.37. The molecule has 2 N–H and O–H groups in total. The summed E-state index contributed by atoms with van der Waals surface area (Å²) in [6.45, 7) is 4.16. The van der Waals surface area contributed by atoms with Crippen molar-refractivity contribution in [3.8, 4) is 5.75 Å². The van der Waals surface area contributed by atoms with Crippen LogP contribution >= 0.6 is 0 Å². The second kappa shape index (κ2) is 6.10. The minimum Gasteiger partial charge on any atom is -0.505 e. The van der Waals surface area contributed by atoms with Gasteiger partial charge in [-0.1, -0.05) is 6.07 Å². The number of hydrogen-bond acceptors (Lipinski definition) is 3. The van der Waals surface area contributed by atoms with Crippen LogP contribution in [0.5, 0.6) is 5.75 Å². The predicted molar refractivity (Wildman–Crippen MR) is 77.1 cm³/mol. The molecule has 0 amide bonds. The minimum atomic E-state index is -0.514. The van der Waals surface area contributed by atoms with Gasteiger partial charge in [0.15, 0.2) is 11.6 Å². The van der Waals surface area contributed by atoms with Crippen LogP contribution in [0, 0.1) is 11.7 Å². The monoisotopic (exact) mass is 278 g/mol. The van der Waals surface area contributed by atoms with E-state index >= 15 is 0 Å². The van der Waals surface area contributed by atoms with E-state index in [1.165, 1.54) is 37.8 Å². The molecular formula is C16H23FN2O. The van der Waals surface area contributed by atoms with Crippen molar-refractivity contribution in [3.63, 3.8) is 0 Å². The highest BCUT2D eigenvalue weighted by Gasteiger charge is 2.30. The van der Waals surface area contributed by atoms with Gasteiger partial charge in [0.25, 0.3) is 0 Å². The Kier molecular flexibility index (Phi) is 4.22. The number of aromatic hydroxyl groups is 1. The third-order valence-corrected chi connectivity index (χ3v) is 4.41. The van der Waals surface area contributed by atoms with Crippen molar-refractivity contribution in [2.45, 2.75) is 38.3 Å². The van der Waals surface area contributed by atoms with Crippen LogP contribution in [0.25, 0.3) is 0 Å². The topological polar surface area (TPSA) is 35.5 Å². The van der Waals surface area contributed by atoms with Gasteiger partial charge >= 0.3 is 0 Å². The number of phenolic OH excluding ortho intramolecular Hbond substituents is 1. The van der Waals surface area contributed by atoms with E-state index in [4.69, 9.17) is 0 Å². The van der Waals surface area contributed by atoms with Crippen LogP contribution in [0.2, 0.25) is 0 Å². The number of nitrogens with zero attached hydrogens (tertiary/aromatic N) is 1. The van der Waals surface area contributed by atoms with E-state index in [1.807, 2.05) is 6.07 Å². The molecule has 2 aliphatic rings. The molecule has 2 fully saturated rings. The van der Waals surface area contributed by atoms with Crippen molar-refractivity contribution in [2.24, 2.45) is 5.92 Å². The first-order chi connectivity index (χ1) is 9.72. The van der Waals surface area contributed by atoms with Gasteiger partial charge in [0.05, 0.1) is 0 Å². The van der Waals surface area contributed by atoms with Gasteiger partial charge in [0.1, 0.15) is 0 Å². The zero-order chi connectivity index (χ0) is 13.9. The summed E-state index contributed by atoms with van der Waals surface area (Å²) in [5, 5.41) is 12.7. The molecule has 1 saturated carbocycles. The number of rotatable bonds is 5. The second-order valence-corrected chi connectivity index (χ2v) is 6.14. The second-order valence-electron chi connectivity index (χ2n) is 6.14. The summed E-state index contributed by atoms with van der Waals surface area (Å²) >= 11 is 0. The normalized spacial score (nSPS) is 20.5. The van der Waals surface area contributed by atoms with Gasteiger partial charge in [0, 0.05) is 19.1 Å². The Morgan fingerprint density at radius 3 is 2.60 bits per heavy atom. The third-order valence-electron chi connectivity index (χ3n) is 4.41. The van der Waals surface area contributed by atoms with Crippen LogP contribution in [0.3, 0.4) is 0 Å². The van der Waals surface area contributed by atoms with Gasteiger partial charge in [-0.3, -0.25) is 4.90 Å².